The van der Waals surface area contributed by atoms with Crippen molar-refractivity contribution in [2.75, 3.05) is 19.6 Å². The molecule has 1 saturated heterocycles. The van der Waals surface area contributed by atoms with Gasteiger partial charge in [-0.2, -0.15) is 0 Å². The quantitative estimate of drug-likeness (QED) is 0.738. The topological polar surface area (TPSA) is 35.5 Å². The van der Waals surface area contributed by atoms with Gasteiger partial charge in [-0.25, -0.2) is 0 Å². The molecule has 0 bridgehead atoms. The third-order valence-electron chi connectivity index (χ3n) is 4.36. The van der Waals surface area contributed by atoms with Gasteiger partial charge in [-0.1, -0.05) is 26.2 Å². The molecule has 1 heterocycles. The van der Waals surface area contributed by atoms with Crippen LogP contribution in [0.3, 0.4) is 0 Å². The summed E-state index contributed by atoms with van der Waals surface area (Å²) in [6.07, 6.45) is 8.50. The molecular formula is C14H28N2O. The van der Waals surface area contributed by atoms with E-state index in [2.05, 4.69) is 17.1 Å². The molecule has 3 unspecified atom stereocenters. The highest BCUT2D eigenvalue weighted by atomic mass is 16.3. The molecular weight excluding hydrogens is 212 g/mol. The van der Waals surface area contributed by atoms with Crippen LogP contribution in [0.1, 0.15) is 51.9 Å². The van der Waals surface area contributed by atoms with E-state index in [9.17, 15) is 5.11 Å². The van der Waals surface area contributed by atoms with Crippen molar-refractivity contribution >= 4 is 0 Å². The molecule has 0 aromatic heterocycles. The summed E-state index contributed by atoms with van der Waals surface area (Å²) in [5.74, 6) is 0. The Morgan fingerprint density at radius 1 is 1.12 bits per heavy atom. The second kappa shape index (κ2) is 6.72. The molecule has 2 fully saturated rings. The van der Waals surface area contributed by atoms with Crippen molar-refractivity contribution in [2.24, 2.45) is 0 Å². The van der Waals surface area contributed by atoms with Gasteiger partial charge in [-0.15, -0.1) is 0 Å². The molecule has 100 valence electrons. The van der Waals surface area contributed by atoms with Crippen LogP contribution in [0.4, 0.5) is 0 Å². The summed E-state index contributed by atoms with van der Waals surface area (Å²) < 4.78 is 0. The Hall–Kier alpha value is -0.120. The lowest BCUT2D eigenvalue weighted by molar-refractivity contribution is 0.0266. The van der Waals surface area contributed by atoms with E-state index in [1.165, 1.54) is 45.1 Å². The third-order valence-corrected chi connectivity index (χ3v) is 4.36. The fourth-order valence-electron chi connectivity index (χ4n) is 3.46. The molecule has 3 atom stereocenters. The van der Waals surface area contributed by atoms with E-state index >= 15 is 0 Å². The van der Waals surface area contributed by atoms with Crippen molar-refractivity contribution in [3.8, 4) is 0 Å². The van der Waals surface area contributed by atoms with Gasteiger partial charge in [0.2, 0.25) is 0 Å². The summed E-state index contributed by atoms with van der Waals surface area (Å²) in [5, 5.41) is 13.8. The van der Waals surface area contributed by atoms with Crippen molar-refractivity contribution in [3.63, 3.8) is 0 Å². The lowest BCUT2D eigenvalue weighted by Crippen LogP contribution is -2.52. The third kappa shape index (κ3) is 3.67. The van der Waals surface area contributed by atoms with Crippen LogP contribution >= 0.6 is 0 Å². The van der Waals surface area contributed by atoms with E-state index < -0.39 is 0 Å². The predicted molar refractivity (Wildman–Crippen MR) is 71.2 cm³/mol. The van der Waals surface area contributed by atoms with Gasteiger partial charge in [0.15, 0.2) is 0 Å². The van der Waals surface area contributed by atoms with Crippen LogP contribution in [0.15, 0.2) is 0 Å². The highest BCUT2D eigenvalue weighted by Gasteiger charge is 2.30. The van der Waals surface area contributed by atoms with Crippen LogP contribution < -0.4 is 5.32 Å². The van der Waals surface area contributed by atoms with Crippen LogP contribution in [0.2, 0.25) is 0 Å². The first-order valence-electron chi connectivity index (χ1n) is 7.46. The molecule has 2 N–H and O–H groups in total. The summed E-state index contributed by atoms with van der Waals surface area (Å²) in [6, 6.07) is 1.07. The number of nitrogens with zero attached hydrogens (tertiary/aromatic N) is 1. The molecule has 17 heavy (non-hydrogen) atoms. The maximum absolute atomic E-state index is 10.3. The minimum atomic E-state index is -0.0853. The van der Waals surface area contributed by atoms with Crippen LogP contribution in [-0.2, 0) is 0 Å². The second-order valence-electron chi connectivity index (χ2n) is 5.66. The Kier molecular flexibility index (Phi) is 5.26. The van der Waals surface area contributed by atoms with Crippen molar-refractivity contribution < 1.29 is 5.11 Å². The molecule has 0 amide bonds. The Balaban J connectivity index is 1.90. The smallest absolute Gasteiger partial charge is 0.0695 e. The Morgan fingerprint density at radius 3 is 2.76 bits per heavy atom. The highest BCUT2D eigenvalue weighted by Crippen LogP contribution is 2.25. The van der Waals surface area contributed by atoms with Crippen molar-refractivity contribution in [3.05, 3.63) is 0 Å². The normalized spacial score (nSPS) is 36.7. The monoisotopic (exact) mass is 240 g/mol. The van der Waals surface area contributed by atoms with Gasteiger partial charge in [-0.3, -0.25) is 4.90 Å². The molecule has 0 aromatic rings. The van der Waals surface area contributed by atoms with E-state index in [1.807, 2.05) is 0 Å². The van der Waals surface area contributed by atoms with E-state index in [0.29, 0.717) is 12.1 Å². The van der Waals surface area contributed by atoms with Gasteiger partial charge in [0, 0.05) is 18.6 Å². The molecule has 0 spiro atoms. The fraction of sp³-hybridized carbons (Fsp3) is 1.00. The van der Waals surface area contributed by atoms with Gasteiger partial charge in [0.1, 0.15) is 0 Å². The SMILES string of the molecule is CCNC1CCCN(C2CCCCCC2O)C1. The molecule has 1 saturated carbocycles. The summed E-state index contributed by atoms with van der Waals surface area (Å²) in [6.45, 7) is 5.56. The average Bonchev–Trinajstić information content (AvgIpc) is 2.55. The van der Waals surface area contributed by atoms with E-state index in [4.69, 9.17) is 0 Å². The Labute approximate surface area is 106 Å². The average molecular weight is 240 g/mol. The van der Waals surface area contributed by atoms with Crippen molar-refractivity contribution in [1.82, 2.24) is 10.2 Å². The predicted octanol–water partition coefficient (Wildman–Crippen LogP) is 1.75. The minimum Gasteiger partial charge on any atom is -0.391 e. The molecule has 1 aliphatic carbocycles. The number of piperidine rings is 1. The number of aliphatic hydroxyl groups excluding tert-OH is 1. The molecule has 3 heteroatoms. The maximum Gasteiger partial charge on any atom is 0.0695 e. The van der Waals surface area contributed by atoms with Gasteiger partial charge < -0.3 is 10.4 Å². The van der Waals surface area contributed by atoms with Crippen molar-refractivity contribution in [1.29, 1.82) is 0 Å². The highest BCUT2D eigenvalue weighted by molar-refractivity contribution is 4.87. The number of hydrogen-bond acceptors (Lipinski definition) is 3. The molecule has 2 aliphatic rings. The summed E-state index contributed by atoms with van der Waals surface area (Å²) in [5.41, 5.74) is 0. The second-order valence-corrected chi connectivity index (χ2v) is 5.66. The molecule has 1 aliphatic heterocycles. The first-order chi connectivity index (χ1) is 8.31. The van der Waals surface area contributed by atoms with Crippen LogP contribution in [0.25, 0.3) is 0 Å². The van der Waals surface area contributed by atoms with E-state index in [0.717, 1.165) is 19.5 Å². The number of hydrogen-bond donors (Lipinski definition) is 2. The lowest BCUT2D eigenvalue weighted by atomic mass is 9.98. The zero-order valence-corrected chi connectivity index (χ0v) is 11.2. The zero-order chi connectivity index (χ0) is 12.1. The lowest BCUT2D eigenvalue weighted by Gasteiger charge is -2.40. The summed E-state index contributed by atoms with van der Waals surface area (Å²) in [4.78, 5) is 2.55. The van der Waals surface area contributed by atoms with Crippen LogP contribution in [0.5, 0.6) is 0 Å². The maximum atomic E-state index is 10.3. The number of likely N-dealkylation sites (tertiary alicyclic amines) is 1. The number of nitrogens with one attached hydrogen (secondary N) is 1. The van der Waals surface area contributed by atoms with Gasteiger partial charge in [-0.05, 0) is 38.8 Å². The van der Waals surface area contributed by atoms with E-state index in [1.54, 1.807) is 0 Å². The molecule has 2 rings (SSSR count). The van der Waals surface area contributed by atoms with Crippen LogP contribution in [0, 0.1) is 0 Å². The van der Waals surface area contributed by atoms with E-state index in [-0.39, 0.29) is 6.10 Å². The van der Waals surface area contributed by atoms with Gasteiger partial charge in [0.05, 0.1) is 6.10 Å². The summed E-state index contributed by atoms with van der Waals surface area (Å²) in [7, 11) is 0. The van der Waals surface area contributed by atoms with Crippen LogP contribution in [-0.4, -0.2) is 47.8 Å². The van der Waals surface area contributed by atoms with Gasteiger partial charge in [0.25, 0.3) is 0 Å². The molecule has 3 nitrogen and oxygen atoms in total. The molecule has 0 aromatic carbocycles. The first-order valence-corrected chi connectivity index (χ1v) is 7.46. The zero-order valence-electron chi connectivity index (χ0n) is 11.2. The fourth-order valence-corrected chi connectivity index (χ4v) is 3.46. The first kappa shape index (κ1) is 13.3. The van der Waals surface area contributed by atoms with Crippen molar-refractivity contribution in [2.45, 2.75) is 70.1 Å². The minimum absolute atomic E-state index is 0.0853. The standard InChI is InChI=1S/C14H28N2O/c1-2-15-12-7-6-10-16(11-12)13-8-4-3-5-9-14(13)17/h12-15,17H,2-11H2,1H3. The number of aliphatic hydroxyl groups is 1. The Bertz CT molecular complexity index is 220. The van der Waals surface area contributed by atoms with Gasteiger partial charge >= 0.3 is 0 Å². The summed E-state index contributed by atoms with van der Waals surface area (Å²) >= 11 is 0. The molecule has 0 radical (unpaired) electrons. The number of likely N-dealkylation sites (N-methyl/N-ethyl adjacent to an activating group) is 1. The largest absolute Gasteiger partial charge is 0.391 e. The Morgan fingerprint density at radius 2 is 1.94 bits per heavy atom. The number of rotatable bonds is 3.